The standard InChI is InChI=1S/C9H11N3O3.C2H4O2/c13-12(14)8-2-1-4-10-9(8)11-6-7-3-5-15-7;1-2(3)4/h1-2,4,7H,3,5-6H2,(H,10,11);1H3,(H,3,4)/t7-;/m0./s1. The van der Waals surface area contributed by atoms with Crippen LogP contribution in [0.3, 0.4) is 0 Å². The van der Waals surface area contributed by atoms with Crippen LogP contribution < -0.4 is 5.32 Å². The number of hydrogen-bond acceptors (Lipinski definition) is 6. The second-order valence-electron chi connectivity index (χ2n) is 3.81. The molecule has 2 rings (SSSR count). The molecule has 0 saturated carbocycles. The van der Waals surface area contributed by atoms with Crippen LogP contribution in [0.15, 0.2) is 18.3 Å². The number of hydrogen-bond donors (Lipinski definition) is 2. The van der Waals surface area contributed by atoms with Gasteiger partial charge in [0.2, 0.25) is 5.82 Å². The fourth-order valence-corrected chi connectivity index (χ4v) is 1.34. The van der Waals surface area contributed by atoms with E-state index in [0.717, 1.165) is 20.0 Å². The molecule has 1 aromatic rings. The molecule has 0 unspecified atom stereocenters. The lowest BCUT2D eigenvalue weighted by molar-refractivity contribution is -0.384. The third-order valence-corrected chi connectivity index (χ3v) is 2.27. The van der Waals surface area contributed by atoms with Gasteiger partial charge in [-0.25, -0.2) is 4.98 Å². The summed E-state index contributed by atoms with van der Waals surface area (Å²) in [5.41, 5.74) is -0.00294. The summed E-state index contributed by atoms with van der Waals surface area (Å²) >= 11 is 0. The topological polar surface area (TPSA) is 115 Å². The van der Waals surface area contributed by atoms with Crippen LogP contribution in [0.25, 0.3) is 0 Å². The molecule has 2 heterocycles. The summed E-state index contributed by atoms with van der Waals surface area (Å²) in [4.78, 5) is 23.1. The van der Waals surface area contributed by atoms with Crippen LogP contribution >= 0.6 is 0 Å². The van der Waals surface area contributed by atoms with Crippen LogP contribution in [0.4, 0.5) is 11.5 Å². The quantitative estimate of drug-likeness (QED) is 0.625. The molecule has 0 amide bonds. The van der Waals surface area contributed by atoms with Gasteiger partial charge in [-0.3, -0.25) is 14.9 Å². The molecular formula is C11H15N3O5. The average molecular weight is 269 g/mol. The van der Waals surface area contributed by atoms with E-state index in [9.17, 15) is 10.1 Å². The first-order valence-electron chi connectivity index (χ1n) is 5.65. The Morgan fingerprint density at radius 1 is 1.74 bits per heavy atom. The zero-order chi connectivity index (χ0) is 14.3. The van der Waals surface area contributed by atoms with Gasteiger partial charge in [0.05, 0.1) is 11.0 Å². The maximum absolute atomic E-state index is 10.6. The SMILES string of the molecule is CC(=O)O.O=[N+]([O-])c1cccnc1NC[C@@H]1CCO1. The maximum Gasteiger partial charge on any atom is 0.311 e. The zero-order valence-corrected chi connectivity index (χ0v) is 10.4. The zero-order valence-electron chi connectivity index (χ0n) is 10.4. The molecule has 1 saturated heterocycles. The molecule has 0 aromatic carbocycles. The van der Waals surface area contributed by atoms with Gasteiger partial charge in [-0.15, -0.1) is 0 Å². The molecule has 8 heteroatoms. The number of carboxylic acid groups (broad SMARTS) is 1. The maximum atomic E-state index is 10.6. The minimum atomic E-state index is -0.833. The fourth-order valence-electron chi connectivity index (χ4n) is 1.34. The number of nitrogens with zero attached hydrogens (tertiary/aromatic N) is 2. The summed E-state index contributed by atoms with van der Waals surface area (Å²) in [6, 6.07) is 2.97. The Balaban J connectivity index is 0.000000399. The summed E-state index contributed by atoms with van der Waals surface area (Å²) in [5.74, 6) is -0.530. The van der Waals surface area contributed by atoms with Gasteiger partial charge in [-0.05, 0) is 12.5 Å². The Morgan fingerprint density at radius 2 is 2.37 bits per heavy atom. The Morgan fingerprint density at radius 3 is 2.84 bits per heavy atom. The highest BCUT2D eigenvalue weighted by Crippen LogP contribution is 2.21. The highest BCUT2D eigenvalue weighted by Gasteiger charge is 2.20. The van der Waals surface area contributed by atoms with Gasteiger partial charge in [-0.2, -0.15) is 0 Å². The number of carbonyl (C=O) groups is 1. The number of aromatic nitrogens is 1. The van der Waals surface area contributed by atoms with Gasteiger partial charge < -0.3 is 15.2 Å². The predicted octanol–water partition coefficient (Wildman–Crippen LogP) is 1.28. The van der Waals surface area contributed by atoms with Crippen LogP contribution in [0.2, 0.25) is 0 Å². The number of anilines is 1. The van der Waals surface area contributed by atoms with Crippen molar-refractivity contribution in [2.75, 3.05) is 18.5 Å². The van der Waals surface area contributed by atoms with Gasteiger partial charge in [0.15, 0.2) is 0 Å². The van der Waals surface area contributed by atoms with Crippen molar-refractivity contribution < 1.29 is 19.6 Å². The van der Waals surface area contributed by atoms with E-state index < -0.39 is 10.9 Å². The summed E-state index contributed by atoms with van der Waals surface area (Å²) in [6.45, 7) is 2.43. The van der Waals surface area contributed by atoms with Crippen LogP contribution in [0.1, 0.15) is 13.3 Å². The Kier molecular flexibility index (Phi) is 5.68. The number of rotatable bonds is 4. The van der Waals surface area contributed by atoms with Crippen molar-refractivity contribution in [3.05, 3.63) is 28.4 Å². The first-order chi connectivity index (χ1) is 9.00. The minimum absolute atomic E-state index is 0.00294. The van der Waals surface area contributed by atoms with E-state index in [4.69, 9.17) is 14.6 Å². The fraction of sp³-hybridized carbons (Fsp3) is 0.455. The van der Waals surface area contributed by atoms with E-state index in [1.165, 1.54) is 12.3 Å². The smallest absolute Gasteiger partial charge is 0.311 e. The largest absolute Gasteiger partial charge is 0.481 e. The third kappa shape index (κ3) is 5.30. The highest BCUT2D eigenvalue weighted by atomic mass is 16.6. The Hall–Kier alpha value is -2.22. The van der Waals surface area contributed by atoms with Crippen molar-refractivity contribution in [3.8, 4) is 0 Å². The van der Waals surface area contributed by atoms with Gasteiger partial charge in [0.25, 0.3) is 5.97 Å². The first kappa shape index (κ1) is 14.8. The van der Waals surface area contributed by atoms with E-state index >= 15 is 0 Å². The number of ether oxygens (including phenoxy) is 1. The lowest BCUT2D eigenvalue weighted by Crippen LogP contribution is -2.33. The van der Waals surface area contributed by atoms with Crippen LogP contribution in [-0.4, -0.2) is 40.2 Å². The monoisotopic (exact) mass is 269 g/mol. The van der Waals surface area contributed by atoms with Gasteiger partial charge in [0, 0.05) is 32.3 Å². The molecule has 19 heavy (non-hydrogen) atoms. The summed E-state index contributed by atoms with van der Waals surface area (Å²) < 4.78 is 5.19. The average Bonchev–Trinajstić information content (AvgIpc) is 2.26. The molecule has 1 atom stereocenters. The van der Waals surface area contributed by atoms with Crippen molar-refractivity contribution in [2.45, 2.75) is 19.4 Å². The predicted molar refractivity (Wildman–Crippen MR) is 67.0 cm³/mol. The van der Waals surface area contributed by atoms with Crippen molar-refractivity contribution in [3.63, 3.8) is 0 Å². The number of carboxylic acids is 1. The van der Waals surface area contributed by atoms with Crippen molar-refractivity contribution in [2.24, 2.45) is 0 Å². The molecule has 104 valence electrons. The highest BCUT2D eigenvalue weighted by molar-refractivity contribution is 5.63. The van der Waals surface area contributed by atoms with E-state index in [0.29, 0.717) is 12.4 Å². The molecular weight excluding hydrogens is 254 g/mol. The van der Waals surface area contributed by atoms with Gasteiger partial charge in [-0.1, -0.05) is 0 Å². The second kappa shape index (κ2) is 7.27. The number of nitro groups is 1. The Labute approximate surface area is 109 Å². The van der Waals surface area contributed by atoms with Gasteiger partial charge >= 0.3 is 5.69 Å². The summed E-state index contributed by atoms with van der Waals surface area (Å²) in [7, 11) is 0. The number of pyridine rings is 1. The minimum Gasteiger partial charge on any atom is -0.481 e. The third-order valence-electron chi connectivity index (χ3n) is 2.27. The van der Waals surface area contributed by atoms with E-state index in [1.807, 2.05) is 0 Å². The molecule has 1 fully saturated rings. The lowest BCUT2D eigenvalue weighted by Gasteiger charge is -2.26. The molecule has 0 bridgehead atoms. The van der Waals surface area contributed by atoms with E-state index in [-0.39, 0.29) is 11.8 Å². The first-order valence-corrected chi connectivity index (χ1v) is 5.65. The molecule has 8 nitrogen and oxygen atoms in total. The van der Waals surface area contributed by atoms with E-state index in [1.54, 1.807) is 6.07 Å². The van der Waals surface area contributed by atoms with Gasteiger partial charge in [0.1, 0.15) is 0 Å². The van der Waals surface area contributed by atoms with Crippen molar-refractivity contribution in [1.82, 2.24) is 4.98 Å². The normalized spacial score (nSPS) is 16.6. The van der Waals surface area contributed by atoms with Crippen LogP contribution in [0, 0.1) is 10.1 Å². The number of nitrogens with one attached hydrogen (secondary N) is 1. The van der Waals surface area contributed by atoms with Crippen molar-refractivity contribution >= 4 is 17.5 Å². The Bertz CT molecular complexity index is 444. The molecule has 0 spiro atoms. The number of aliphatic carboxylic acids is 1. The molecule has 1 aliphatic heterocycles. The van der Waals surface area contributed by atoms with E-state index in [2.05, 4.69) is 10.3 Å². The van der Waals surface area contributed by atoms with Crippen LogP contribution in [-0.2, 0) is 9.53 Å². The molecule has 1 aromatic heterocycles. The molecule has 2 N–H and O–H groups in total. The van der Waals surface area contributed by atoms with Crippen LogP contribution in [0.5, 0.6) is 0 Å². The van der Waals surface area contributed by atoms with Crippen molar-refractivity contribution in [1.29, 1.82) is 0 Å². The molecule has 0 radical (unpaired) electrons. The second-order valence-corrected chi connectivity index (χ2v) is 3.81. The molecule has 1 aliphatic rings. The summed E-state index contributed by atoms with van der Waals surface area (Å²) in [5, 5.41) is 21.0. The lowest BCUT2D eigenvalue weighted by atomic mass is 10.2. The summed E-state index contributed by atoms with van der Waals surface area (Å²) in [6.07, 6.45) is 2.68. The molecule has 0 aliphatic carbocycles.